The summed E-state index contributed by atoms with van der Waals surface area (Å²) < 4.78 is 13.0. The van der Waals surface area contributed by atoms with E-state index in [9.17, 15) is 9.18 Å². The molecule has 3 aromatic rings. The van der Waals surface area contributed by atoms with Crippen LogP contribution in [0.15, 0.2) is 60.7 Å². The molecule has 0 radical (unpaired) electrons. The number of hydrogen-bond donors (Lipinski definition) is 2. The fraction of sp³-hybridized carbons (Fsp3) is 0.227. The number of aryl methyl sites for hydroxylation is 2. The number of carbonyl (C=O) groups excluding carboxylic acids is 1. The number of aromatic nitrogens is 2. The van der Waals surface area contributed by atoms with Gasteiger partial charge in [0.25, 0.3) is 5.91 Å². The Labute approximate surface area is 164 Å². The van der Waals surface area contributed by atoms with E-state index in [1.165, 1.54) is 17.7 Å². The lowest BCUT2D eigenvalue weighted by molar-refractivity contribution is 0.0945. The van der Waals surface area contributed by atoms with Gasteiger partial charge < -0.3 is 10.6 Å². The van der Waals surface area contributed by atoms with Crippen LogP contribution in [-0.4, -0.2) is 22.4 Å². The van der Waals surface area contributed by atoms with Crippen LogP contribution in [-0.2, 0) is 13.0 Å². The molecule has 1 amide bonds. The molecule has 0 saturated carbocycles. The first-order valence-corrected chi connectivity index (χ1v) is 9.26. The quantitative estimate of drug-likeness (QED) is 0.584. The van der Waals surface area contributed by atoms with Gasteiger partial charge in [0.15, 0.2) is 0 Å². The van der Waals surface area contributed by atoms with Gasteiger partial charge in [-0.15, -0.1) is 0 Å². The van der Waals surface area contributed by atoms with Gasteiger partial charge in [0.05, 0.1) is 0 Å². The summed E-state index contributed by atoms with van der Waals surface area (Å²) in [4.78, 5) is 21.1. The Morgan fingerprint density at radius 2 is 1.75 bits per heavy atom. The van der Waals surface area contributed by atoms with Gasteiger partial charge in [-0.05, 0) is 49.1 Å². The molecule has 0 spiro atoms. The van der Waals surface area contributed by atoms with Crippen molar-refractivity contribution in [2.24, 2.45) is 0 Å². The summed E-state index contributed by atoms with van der Waals surface area (Å²) in [7, 11) is 0. The molecule has 0 aliphatic heterocycles. The molecule has 0 saturated heterocycles. The first kappa shape index (κ1) is 19.5. The zero-order valence-corrected chi connectivity index (χ0v) is 15.8. The molecule has 28 heavy (non-hydrogen) atoms. The number of rotatable bonds is 8. The average Bonchev–Trinajstić information content (AvgIpc) is 2.71. The van der Waals surface area contributed by atoms with Gasteiger partial charge in [0, 0.05) is 18.8 Å². The van der Waals surface area contributed by atoms with Gasteiger partial charge in [0.2, 0.25) is 5.95 Å². The Morgan fingerprint density at radius 3 is 2.50 bits per heavy atom. The monoisotopic (exact) mass is 378 g/mol. The topological polar surface area (TPSA) is 66.9 Å². The molecule has 0 fully saturated rings. The molecule has 2 aromatic carbocycles. The minimum atomic E-state index is -0.301. The second-order valence-corrected chi connectivity index (χ2v) is 6.54. The van der Waals surface area contributed by atoms with Crippen molar-refractivity contribution in [3.63, 3.8) is 0 Å². The number of nitrogens with one attached hydrogen (secondary N) is 2. The molecule has 1 heterocycles. The normalized spacial score (nSPS) is 10.5. The molecule has 3 rings (SSSR count). The zero-order valence-electron chi connectivity index (χ0n) is 15.8. The Balaban J connectivity index is 1.53. The summed E-state index contributed by atoms with van der Waals surface area (Å²) >= 11 is 0. The number of halogens is 1. The molecule has 6 heteroatoms. The Morgan fingerprint density at radius 1 is 1.00 bits per heavy atom. The third kappa shape index (κ3) is 5.87. The SMILES string of the molecule is Cc1cc(C(=O)NCc2ccc(F)cc2)nc(NCCCc2ccccc2)n1. The lowest BCUT2D eigenvalue weighted by Gasteiger charge is -2.09. The first-order valence-electron chi connectivity index (χ1n) is 9.26. The lowest BCUT2D eigenvalue weighted by atomic mass is 10.1. The van der Waals surface area contributed by atoms with E-state index in [0.29, 0.717) is 23.9 Å². The van der Waals surface area contributed by atoms with Crippen LogP contribution in [0.1, 0.15) is 33.7 Å². The fourth-order valence-electron chi connectivity index (χ4n) is 2.78. The van der Waals surface area contributed by atoms with Crippen molar-refractivity contribution >= 4 is 11.9 Å². The van der Waals surface area contributed by atoms with Crippen LogP contribution < -0.4 is 10.6 Å². The van der Waals surface area contributed by atoms with E-state index in [-0.39, 0.29) is 11.7 Å². The van der Waals surface area contributed by atoms with Gasteiger partial charge in [-0.2, -0.15) is 0 Å². The summed E-state index contributed by atoms with van der Waals surface area (Å²) in [5.41, 5.74) is 3.13. The van der Waals surface area contributed by atoms with Crippen LogP contribution in [0.25, 0.3) is 0 Å². The molecule has 1 aromatic heterocycles. The zero-order chi connectivity index (χ0) is 19.8. The lowest BCUT2D eigenvalue weighted by Crippen LogP contribution is -2.24. The van der Waals surface area contributed by atoms with Crippen molar-refractivity contribution < 1.29 is 9.18 Å². The van der Waals surface area contributed by atoms with Gasteiger partial charge in [-0.25, -0.2) is 14.4 Å². The Hall–Kier alpha value is -3.28. The van der Waals surface area contributed by atoms with E-state index in [2.05, 4.69) is 32.7 Å². The number of hydrogen-bond acceptors (Lipinski definition) is 4. The van der Waals surface area contributed by atoms with E-state index in [4.69, 9.17) is 0 Å². The highest BCUT2D eigenvalue weighted by atomic mass is 19.1. The molecule has 0 unspecified atom stereocenters. The predicted molar refractivity (Wildman–Crippen MR) is 108 cm³/mol. The standard InChI is InChI=1S/C22H23FN4O/c1-16-14-20(21(28)25-15-18-9-11-19(23)12-10-18)27-22(26-16)24-13-5-8-17-6-3-2-4-7-17/h2-4,6-7,9-12,14H,5,8,13,15H2,1H3,(H,25,28)(H,24,26,27). The van der Waals surface area contributed by atoms with Crippen molar-refractivity contribution in [3.05, 3.63) is 89.0 Å². The highest BCUT2D eigenvalue weighted by Gasteiger charge is 2.10. The maximum Gasteiger partial charge on any atom is 0.270 e. The summed E-state index contributed by atoms with van der Waals surface area (Å²) in [5.74, 6) is -0.147. The van der Waals surface area contributed by atoms with E-state index >= 15 is 0 Å². The molecular weight excluding hydrogens is 355 g/mol. The van der Waals surface area contributed by atoms with E-state index in [1.807, 2.05) is 25.1 Å². The summed E-state index contributed by atoms with van der Waals surface area (Å²) in [6.45, 7) is 2.85. The Bertz CT molecular complexity index is 914. The summed E-state index contributed by atoms with van der Waals surface area (Å²) in [5, 5.41) is 5.99. The van der Waals surface area contributed by atoms with Crippen molar-refractivity contribution in [1.82, 2.24) is 15.3 Å². The minimum absolute atomic E-state index is 0.290. The second kappa shape index (κ2) is 9.60. The second-order valence-electron chi connectivity index (χ2n) is 6.54. The van der Waals surface area contributed by atoms with E-state index < -0.39 is 0 Å². The van der Waals surface area contributed by atoms with Gasteiger partial charge in [0.1, 0.15) is 11.5 Å². The number of amides is 1. The van der Waals surface area contributed by atoms with Gasteiger partial charge in [-0.1, -0.05) is 42.5 Å². The first-order chi connectivity index (χ1) is 13.6. The number of nitrogens with zero attached hydrogens (tertiary/aromatic N) is 2. The maximum atomic E-state index is 13.0. The third-order valence-corrected chi connectivity index (χ3v) is 4.22. The van der Waals surface area contributed by atoms with Crippen molar-refractivity contribution in [3.8, 4) is 0 Å². The highest BCUT2D eigenvalue weighted by molar-refractivity contribution is 5.92. The third-order valence-electron chi connectivity index (χ3n) is 4.22. The number of anilines is 1. The van der Waals surface area contributed by atoms with Crippen LogP contribution in [0.5, 0.6) is 0 Å². The van der Waals surface area contributed by atoms with Crippen molar-refractivity contribution in [2.45, 2.75) is 26.3 Å². The van der Waals surface area contributed by atoms with Crippen molar-refractivity contribution in [2.75, 3.05) is 11.9 Å². The van der Waals surface area contributed by atoms with Crippen LogP contribution >= 0.6 is 0 Å². The molecule has 2 N–H and O–H groups in total. The van der Waals surface area contributed by atoms with Crippen LogP contribution in [0, 0.1) is 12.7 Å². The smallest absolute Gasteiger partial charge is 0.270 e. The average molecular weight is 378 g/mol. The molecule has 0 atom stereocenters. The van der Waals surface area contributed by atoms with Crippen molar-refractivity contribution in [1.29, 1.82) is 0 Å². The van der Waals surface area contributed by atoms with E-state index in [1.54, 1.807) is 18.2 Å². The summed E-state index contributed by atoms with van der Waals surface area (Å²) in [6.07, 6.45) is 1.90. The predicted octanol–water partition coefficient (Wildman–Crippen LogP) is 3.90. The van der Waals surface area contributed by atoms with Crippen LogP contribution in [0.2, 0.25) is 0 Å². The highest BCUT2D eigenvalue weighted by Crippen LogP contribution is 2.08. The van der Waals surface area contributed by atoms with Crippen LogP contribution in [0.4, 0.5) is 10.3 Å². The molecule has 0 aliphatic carbocycles. The molecule has 5 nitrogen and oxygen atoms in total. The van der Waals surface area contributed by atoms with Gasteiger partial charge >= 0.3 is 0 Å². The van der Waals surface area contributed by atoms with Gasteiger partial charge in [-0.3, -0.25) is 4.79 Å². The maximum absolute atomic E-state index is 13.0. The molecule has 0 aliphatic rings. The molecule has 0 bridgehead atoms. The fourth-order valence-corrected chi connectivity index (χ4v) is 2.78. The molecule has 144 valence electrons. The Kier molecular flexibility index (Phi) is 6.68. The van der Waals surface area contributed by atoms with Crippen LogP contribution in [0.3, 0.4) is 0 Å². The number of carbonyl (C=O) groups is 1. The summed E-state index contributed by atoms with van der Waals surface area (Å²) in [6, 6.07) is 17.9. The molecular formula is C22H23FN4O. The number of benzene rings is 2. The minimum Gasteiger partial charge on any atom is -0.354 e. The largest absolute Gasteiger partial charge is 0.354 e. The van der Waals surface area contributed by atoms with E-state index in [0.717, 1.165) is 24.9 Å².